The first-order valence-electron chi connectivity index (χ1n) is 6.69. The number of hydrogen-bond donors (Lipinski definition) is 2. The van der Waals surface area contributed by atoms with E-state index in [1.807, 2.05) is 37.3 Å². The molecule has 2 rings (SSSR count). The second-order valence-corrected chi connectivity index (χ2v) is 5.01. The SMILES string of the molecule is CC(O)CC(C)NC(c1ccccc1)c1ccco1. The van der Waals surface area contributed by atoms with Crippen molar-refractivity contribution >= 4 is 0 Å². The number of hydrogen-bond acceptors (Lipinski definition) is 3. The zero-order valence-electron chi connectivity index (χ0n) is 11.4. The Balaban J connectivity index is 2.16. The largest absolute Gasteiger partial charge is 0.467 e. The maximum absolute atomic E-state index is 9.47. The van der Waals surface area contributed by atoms with Crippen molar-refractivity contribution in [1.82, 2.24) is 5.32 Å². The Labute approximate surface area is 114 Å². The average molecular weight is 259 g/mol. The third-order valence-electron chi connectivity index (χ3n) is 3.11. The highest BCUT2D eigenvalue weighted by atomic mass is 16.3. The van der Waals surface area contributed by atoms with Gasteiger partial charge in [-0.2, -0.15) is 0 Å². The van der Waals surface area contributed by atoms with Gasteiger partial charge in [0.05, 0.1) is 18.4 Å². The monoisotopic (exact) mass is 259 g/mol. The fraction of sp³-hybridized carbons (Fsp3) is 0.375. The Bertz CT molecular complexity index is 465. The minimum absolute atomic E-state index is 0.0185. The summed E-state index contributed by atoms with van der Waals surface area (Å²) in [4.78, 5) is 0. The van der Waals surface area contributed by atoms with E-state index < -0.39 is 0 Å². The van der Waals surface area contributed by atoms with Gasteiger partial charge in [-0.1, -0.05) is 30.3 Å². The number of aliphatic hydroxyl groups excluding tert-OH is 1. The van der Waals surface area contributed by atoms with Crippen LogP contribution in [0, 0.1) is 0 Å². The molecule has 0 aliphatic heterocycles. The molecule has 0 aliphatic carbocycles. The lowest BCUT2D eigenvalue weighted by molar-refractivity contribution is 0.168. The first kappa shape index (κ1) is 13.8. The predicted octanol–water partition coefficient (Wildman–Crippen LogP) is 3.12. The van der Waals surface area contributed by atoms with E-state index in [2.05, 4.69) is 24.4 Å². The van der Waals surface area contributed by atoms with E-state index in [4.69, 9.17) is 4.42 Å². The minimum Gasteiger partial charge on any atom is -0.467 e. The molecule has 0 fully saturated rings. The van der Waals surface area contributed by atoms with Crippen molar-refractivity contribution in [3.05, 3.63) is 60.1 Å². The molecule has 1 aromatic carbocycles. The number of aliphatic hydroxyl groups is 1. The van der Waals surface area contributed by atoms with Gasteiger partial charge in [0.1, 0.15) is 5.76 Å². The molecule has 0 bridgehead atoms. The Morgan fingerprint density at radius 2 is 1.84 bits per heavy atom. The summed E-state index contributed by atoms with van der Waals surface area (Å²) in [5.74, 6) is 0.892. The zero-order valence-corrected chi connectivity index (χ0v) is 11.4. The fourth-order valence-corrected chi connectivity index (χ4v) is 2.31. The summed E-state index contributed by atoms with van der Waals surface area (Å²) in [6.07, 6.45) is 2.09. The quantitative estimate of drug-likeness (QED) is 0.837. The van der Waals surface area contributed by atoms with Gasteiger partial charge in [0.2, 0.25) is 0 Å². The topological polar surface area (TPSA) is 45.4 Å². The van der Waals surface area contributed by atoms with Crippen molar-refractivity contribution in [2.45, 2.75) is 38.5 Å². The van der Waals surface area contributed by atoms with Crippen molar-refractivity contribution in [2.75, 3.05) is 0 Å². The maximum atomic E-state index is 9.47. The van der Waals surface area contributed by atoms with Crippen LogP contribution in [0.5, 0.6) is 0 Å². The fourth-order valence-electron chi connectivity index (χ4n) is 2.31. The highest BCUT2D eigenvalue weighted by Gasteiger charge is 2.19. The summed E-state index contributed by atoms with van der Waals surface area (Å²) >= 11 is 0. The second kappa shape index (κ2) is 6.55. The molecular weight excluding hydrogens is 238 g/mol. The molecule has 0 saturated carbocycles. The summed E-state index contributed by atoms with van der Waals surface area (Å²) < 4.78 is 5.53. The van der Waals surface area contributed by atoms with Crippen molar-refractivity contribution in [2.24, 2.45) is 0 Å². The number of nitrogens with one attached hydrogen (secondary N) is 1. The van der Waals surface area contributed by atoms with Crippen LogP contribution >= 0.6 is 0 Å². The van der Waals surface area contributed by atoms with E-state index >= 15 is 0 Å². The number of benzene rings is 1. The van der Waals surface area contributed by atoms with Crippen LogP contribution in [0.25, 0.3) is 0 Å². The van der Waals surface area contributed by atoms with Gasteiger partial charge in [0.15, 0.2) is 0 Å². The average Bonchev–Trinajstić information content (AvgIpc) is 2.90. The molecule has 3 atom stereocenters. The van der Waals surface area contributed by atoms with Crippen LogP contribution in [-0.2, 0) is 0 Å². The van der Waals surface area contributed by atoms with Crippen molar-refractivity contribution in [3.8, 4) is 0 Å². The van der Waals surface area contributed by atoms with Gasteiger partial charge >= 0.3 is 0 Å². The van der Waals surface area contributed by atoms with Crippen molar-refractivity contribution in [3.63, 3.8) is 0 Å². The Hall–Kier alpha value is -1.58. The first-order valence-corrected chi connectivity index (χ1v) is 6.69. The van der Waals surface area contributed by atoms with Gasteiger partial charge < -0.3 is 14.8 Å². The first-order chi connectivity index (χ1) is 9.16. The van der Waals surface area contributed by atoms with Crippen LogP contribution in [0.15, 0.2) is 53.1 Å². The van der Waals surface area contributed by atoms with E-state index in [1.54, 1.807) is 6.26 Å². The Morgan fingerprint density at radius 3 is 2.42 bits per heavy atom. The summed E-state index contributed by atoms with van der Waals surface area (Å²) in [6, 6.07) is 14.3. The van der Waals surface area contributed by atoms with Gasteiger partial charge in [-0.05, 0) is 38.0 Å². The predicted molar refractivity (Wildman–Crippen MR) is 75.9 cm³/mol. The van der Waals surface area contributed by atoms with Gasteiger partial charge in [-0.25, -0.2) is 0 Å². The standard InChI is InChI=1S/C16H21NO2/c1-12(11-13(2)18)17-16(15-9-6-10-19-15)14-7-4-3-5-8-14/h3-10,12-13,16-18H,11H2,1-2H3. The van der Waals surface area contributed by atoms with Crippen molar-refractivity contribution in [1.29, 1.82) is 0 Å². The Kier molecular flexibility index (Phi) is 4.77. The van der Waals surface area contributed by atoms with Crippen LogP contribution in [0.4, 0.5) is 0 Å². The smallest absolute Gasteiger partial charge is 0.125 e. The molecule has 0 radical (unpaired) electrons. The highest BCUT2D eigenvalue weighted by Crippen LogP contribution is 2.23. The lowest BCUT2D eigenvalue weighted by atomic mass is 10.0. The number of rotatable bonds is 6. The van der Waals surface area contributed by atoms with E-state index in [-0.39, 0.29) is 18.2 Å². The second-order valence-electron chi connectivity index (χ2n) is 5.01. The van der Waals surface area contributed by atoms with Crippen molar-refractivity contribution < 1.29 is 9.52 Å². The van der Waals surface area contributed by atoms with Crippen LogP contribution in [0.1, 0.15) is 37.6 Å². The van der Waals surface area contributed by atoms with E-state index in [0.717, 1.165) is 11.3 Å². The molecular formula is C16H21NO2. The van der Waals surface area contributed by atoms with Gasteiger partial charge in [-0.3, -0.25) is 0 Å². The minimum atomic E-state index is -0.310. The van der Waals surface area contributed by atoms with E-state index in [1.165, 1.54) is 0 Å². The summed E-state index contributed by atoms with van der Waals surface area (Å²) in [7, 11) is 0. The van der Waals surface area contributed by atoms with Gasteiger partial charge in [-0.15, -0.1) is 0 Å². The van der Waals surface area contributed by atoms with Crippen LogP contribution < -0.4 is 5.32 Å². The lowest BCUT2D eigenvalue weighted by Crippen LogP contribution is -2.33. The third-order valence-corrected chi connectivity index (χ3v) is 3.11. The summed E-state index contributed by atoms with van der Waals surface area (Å²) in [6.45, 7) is 3.88. The normalized spacial score (nSPS) is 15.9. The zero-order chi connectivity index (χ0) is 13.7. The molecule has 2 N–H and O–H groups in total. The molecule has 3 nitrogen and oxygen atoms in total. The maximum Gasteiger partial charge on any atom is 0.125 e. The molecule has 0 spiro atoms. The number of furan rings is 1. The summed E-state index contributed by atoms with van der Waals surface area (Å²) in [5, 5.41) is 13.0. The molecule has 1 heterocycles. The summed E-state index contributed by atoms with van der Waals surface area (Å²) in [5.41, 5.74) is 1.16. The van der Waals surface area contributed by atoms with Gasteiger partial charge in [0, 0.05) is 6.04 Å². The van der Waals surface area contributed by atoms with Crippen LogP contribution in [0.3, 0.4) is 0 Å². The molecule has 19 heavy (non-hydrogen) atoms. The Morgan fingerprint density at radius 1 is 1.11 bits per heavy atom. The molecule has 3 heteroatoms. The molecule has 3 unspecified atom stereocenters. The molecule has 2 aromatic rings. The van der Waals surface area contributed by atoms with E-state index in [0.29, 0.717) is 6.42 Å². The molecule has 1 aromatic heterocycles. The molecule has 0 saturated heterocycles. The van der Waals surface area contributed by atoms with E-state index in [9.17, 15) is 5.11 Å². The highest BCUT2D eigenvalue weighted by molar-refractivity contribution is 5.26. The van der Waals surface area contributed by atoms with Gasteiger partial charge in [0.25, 0.3) is 0 Å². The lowest BCUT2D eigenvalue weighted by Gasteiger charge is -2.23. The third kappa shape index (κ3) is 3.94. The van der Waals surface area contributed by atoms with Crippen LogP contribution in [0.2, 0.25) is 0 Å². The molecule has 0 aliphatic rings. The molecule has 0 amide bonds. The molecule has 102 valence electrons. The van der Waals surface area contributed by atoms with Crippen LogP contribution in [-0.4, -0.2) is 17.3 Å².